The number of pyridine rings is 1. The van der Waals surface area contributed by atoms with E-state index in [1.165, 1.54) is 6.42 Å². The third-order valence-corrected chi connectivity index (χ3v) is 3.24. The highest BCUT2D eigenvalue weighted by molar-refractivity contribution is 7.71. The Labute approximate surface area is 94.1 Å². The van der Waals surface area contributed by atoms with Crippen molar-refractivity contribution in [3.05, 3.63) is 28.5 Å². The number of hydrogen-bond acceptors (Lipinski definition) is 2. The first-order valence-electron chi connectivity index (χ1n) is 5.21. The summed E-state index contributed by atoms with van der Waals surface area (Å²) in [4.78, 5) is 15.8. The summed E-state index contributed by atoms with van der Waals surface area (Å²) >= 11 is 5.24. The van der Waals surface area contributed by atoms with Crippen molar-refractivity contribution in [3.8, 4) is 0 Å². The molecule has 0 radical (unpaired) electrons. The number of nitrogens with zero attached hydrogens (tertiary/aromatic N) is 1. The Morgan fingerprint density at radius 1 is 1.53 bits per heavy atom. The number of amides is 1. The van der Waals surface area contributed by atoms with Gasteiger partial charge in [-0.05, 0) is 25.3 Å². The Balaban J connectivity index is 2.32. The van der Waals surface area contributed by atoms with Gasteiger partial charge in [-0.2, -0.15) is 0 Å². The van der Waals surface area contributed by atoms with Crippen LogP contribution in [0.15, 0.2) is 18.3 Å². The Kier molecular flexibility index (Phi) is 3.16. The highest BCUT2D eigenvalue weighted by Gasteiger charge is 2.23. The van der Waals surface area contributed by atoms with Gasteiger partial charge in [0, 0.05) is 18.3 Å². The molecule has 1 atom stereocenters. The van der Waals surface area contributed by atoms with Crippen molar-refractivity contribution in [2.24, 2.45) is 0 Å². The minimum atomic E-state index is 0.168. The third-order valence-electron chi connectivity index (χ3n) is 2.89. The van der Waals surface area contributed by atoms with Crippen molar-refractivity contribution in [1.82, 2.24) is 9.88 Å². The molecule has 1 aliphatic heterocycles. The first-order chi connectivity index (χ1) is 7.33. The lowest BCUT2D eigenvalue weighted by Gasteiger charge is -2.32. The average Bonchev–Trinajstić information content (AvgIpc) is 2.30. The van der Waals surface area contributed by atoms with Crippen LogP contribution in [0, 0.1) is 4.64 Å². The van der Waals surface area contributed by atoms with Gasteiger partial charge >= 0.3 is 0 Å². The number of piperidine rings is 1. The molecular formula is C11H14N2OS. The first-order valence-corrected chi connectivity index (χ1v) is 5.62. The maximum atomic E-state index is 10.9. The highest BCUT2D eigenvalue weighted by atomic mass is 32.1. The van der Waals surface area contributed by atoms with Gasteiger partial charge in [0.15, 0.2) is 0 Å². The first kappa shape index (κ1) is 10.4. The molecule has 80 valence electrons. The number of hydrogen-bond donors (Lipinski definition) is 1. The summed E-state index contributed by atoms with van der Waals surface area (Å²) in [6, 6.07) is 4.11. The van der Waals surface area contributed by atoms with Crippen molar-refractivity contribution in [3.63, 3.8) is 0 Å². The van der Waals surface area contributed by atoms with E-state index in [0.29, 0.717) is 0 Å². The van der Waals surface area contributed by atoms with Crippen molar-refractivity contribution in [1.29, 1.82) is 0 Å². The zero-order valence-electron chi connectivity index (χ0n) is 8.48. The van der Waals surface area contributed by atoms with E-state index in [0.717, 1.165) is 36.0 Å². The van der Waals surface area contributed by atoms with E-state index in [4.69, 9.17) is 12.2 Å². The minimum Gasteiger partial charge on any atom is -0.353 e. The number of carbonyl (C=O) groups excluding carboxylic acids is 1. The number of carbonyl (C=O) groups is 1. The zero-order chi connectivity index (χ0) is 10.7. The lowest BCUT2D eigenvalue weighted by atomic mass is 9.97. The normalized spacial score (nSPS) is 21.3. The van der Waals surface area contributed by atoms with E-state index < -0.39 is 0 Å². The predicted molar refractivity (Wildman–Crippen MR) is 61.0 cm³/mol. The Bertz CT molecular complexity index is 402. The summed E-state index contributed by atoms with van der Waals surface area (Å²) in [6.45, 7) is 0.845. The molecule has 15 heavy (non-hydrogen) atoms. The standard InChI is InChI=1S/C11H14N2OS/c14-8-13-7-2-1-5-10(13)9-4-3-6-12-11(9)15/h3-4,6,8,10H,1-2,5,7H2,(H,12,15)/t10-/m0/s1. The number of rotatable bonds is 2. The van der Waals surface area contributed by atoms with Crippen molar-refractivity contribution < 1.29 is 4.79 Å². The molecule has 2 heterocycles. The maximum absolute atomic E-state index is 10.9. The highest BCUT2D eigenvalue weighted by Crippen LogP contribution is 2.29. The quantitative estimate of drug-likeness (QED) is 0.616. The summed E-state index contributed by atoms with van der Waals surface area (Å²) in [5, 5.41) is 0. The summed E-state index contributed by atoms with van der Waals surface area (Å²) in [6.07, 6.45) is 6.03. The molecule has 0 saturated carbocycles. The lowest BCUT2D eigenvalue weighted by molar-refractivity contribution is -0.121. The molecule has 4 heteroatoms. The van der Waals surface area contributed by atoms with Crippen LogP contribution in [0.2, 0.25) is 0 Å². The fourth-order valence-corrected chi connectivity index (χ4v) is 2.38. The molecule has 0 aliphatic carbocycles. The van der Waals surface area contributed by atoms with E-state index in [1.54, 1.807) is 0 Å². The van der Waals surface area contributed by atoms with E-state index in [1.807, 2.05) is 23.2 Å². The van der Waals surface area contributed by atoms with E-state index >= 15 is 0 Å². The Hall–Kier alpha value is -1.16. The zero-order valence-corrected chi connectivity index (χ0v) is 9.30. The van der Waals surface area contributed by atoms with Gasteiger partial charge in [0.25, 0.3) is 0 Å². The number of nitrogens with one attached hydrogen (secondary N) is 1. The van der Waals surface area contributed by atoms with E-state index in [9.17, 15) is 4.79 Å². The number of likely N-dealkylation sites (tertiary alicyclic amines) is 1. The molecule has 2 rings (SSSR count). The lowest BCUT2D eigenvalue weighted by Crippen LogP contribution is -2.32. The van der Waals surface area contributed by atoms with Crippen LogP contribution in [0.4, 0.5) is 0 Å². The summed E-state index contributed by atoms with van der Waals surface area (Å²) < 4.78 is 0.747. The molecule has 1 aliphatic rings. The largest absolute Gasteiger partial charge is 0.353 e. The van der Waals surface area contributed by atoms with Crippen LogP contribution in [0.25, 0.3) is 0 Å². The van der Waals surface area contributed by atoms with Crippen LogP contribution < -0.4 is 0 Å². The topological polar surface area (TPSA) is 36.1 Å². The van der Waals surface area contributed by atoms with Crippen LogP contribution >= 0.6 is 12.2 Å². The maximum Gasteiger partial charge on any atom is 0.210 e. The third kappa shape index (κ3) is 2.09. The second-order valence-electron chi connectivity index (χ2n) is 3.81. The fraction of sp³-hybridized carbons (Fsp3) is 0.455. The number of aromatic nitrogens is 1. The second-order valence-corrected chi connectivity index (χ2v) is 4.22. The molecule has 0 aromatic carbocycles. The molecule has 0 bridgehead atoms. The van der Waals surface area contributed by atoms with Gasteiger partial charge in [0.1, 0.15) is 4.64 Å². The molecule has 1 aromatic rings. The summed E-state index contributed by atoms with van der Waals surface area (Å²) in [5.41, 5.74) is 1.07. The van der Waals surface area contributed by atoms with Gasteiger partial charge in [-0.25, -0.2) is 0 Å². The smallest absolute Gasteiger partial charge is 0.210 e. The molecule has 1 saturated heterocycles. The van der Waals surface area contributed by atoms with Crippen LogP contribution in [-0.4, -0.2) is 22.8 Å². The molecule has 0 spiro atoms. The van der Waals surface area contributed by atoms with Gasteiger partial charge < -0.3 is 9.88 Å². The molecule has 1 amide bonds. The SMILES string of the molecule is O=CN1CCCC[C@H]1c1ccc[nH]c1=S. The van der Waals surface area contributed by atoms with Crippen molar-refractivity contribution in [2.45, 2.75) is 25.3 Å². The van der Waals surface area contributed by atoms with Gasteiger partial charge in [-0.3, -0.25) is 4.79 Å². The second kappa shape index (κ2) is 4.57. The molecule has 1 fully saturated rings. The van der Waals surface area contributed by atoms with Crippen LogP contribution in [0.3, 0.4) is 0 Å². The van der Waals surface area contributed by atoms with Crippen molar-refractivity contribution >= 4 is 18.6 Å². The van der Waals surface area contributed by atoms with E-state index in [2.05, 4.69) is 4.98 Å². The van der Waals surface area contributed by atoms with Gasteiger partial charge in [-0.1, -0.05) is 18.3 Å². The van der Waals surface area contributed by atoms with Crippen molar-refractivity contribution in [2.75, 3.05) is 6.54 Å². The molecule has 0 unspecified atom stereocenters. The molecule has 1 aromatic heterocycles. The Morgan fingerprint density at radius 3 is 3.13 bits per heavy atom. The summed E-state index contributed by atoms with van der Waals surface area (Å²) in [5.74, 6) is 0. The average molecular weight is 222 g/mol. The van der Waals surface area contributed by atoms with Gasteiger partial charge in [0.05, 0.1) is 6.04 Å². The summed E-state index contributed by atoms with van der Waals surface area (Å²) in [7, 11) is 0. The molecule has 3 nitrogen and oxygen atoms in total. The fourth-order valence-electron chi connectivity index (χ4n) is 2.11. The predicted octanol–water partition coefficient (Wildman–Crippen LogP) is 2.43. The van der Waals surface area contributed by atoms with Crippen LogP contribution in [0.5, 0.6) is 0 Å². The van der Waals surface area contributed by atoms with Crippen LogP contribution in [-0.2, 0) is 4.79 Å². The molecular weight excluding hydrogens is 208 g/mol. The Morgan fingerprint density at radius 2 is 2.40 bits per heavy atom. The van der Waals surface area contributed by atoms with E-state index in [-0.39, 0.29) is 6.04 Å². The molecule has 1 N–H and O–H groups in total. The van der Waals surface area contributed by atoms with Gasteiger partial charge in [0.2, 0.25) is 6.41 Å². The number of H-pyrrole nitrogens is 1. The monoisotopic (exact) mass is 222 g/mol. The van der Waals surface area contributed by atoms with Crippen LogP contribution in [0.1, 0.15) is 30.9 Å². The number of aromatic amines is 1. The minimum absolute atomic E-state index is 0.168. The van der Waals surface area contributed by atoms with Gasteiger partial charge in [-0.15, -0.1) is 0 Å².